The average molecular weight is 553 g/mol. The molecule has 3 atom stereocenters. The van der Waals surface area contributed by atoms with Crippen molar-refractivity contribution in [2.45, 2.75) is 38.3 Å². The van der Waals surface area contributed by atoms with E-state index in [-0.39, 0.29) is 69.7 Å². The zero-order chi connectivity index (χ0) is 28.4. The number of rotatable bonds is 13. The summed E-state index contributed by atoms with van der Waals surface area (Å²) in [5.41, 5.74) is 2.03. The number of hydrogen-bond acceptors (Lipinski definition) is 7. The predicted molar refractivity (Wildman–Crippen MR) is 150 cm³/mol. The van der Waals surface area contributed by atoms with Crippen LogP contribution in [-0.2, 0) is 41.6 Å². The molecule has 0 spiro atoms. The number of benzene rings is 2. The summed E-state index contributed by atoms with van der Waals surface area (Å²) < 4.78 is 16.7. The van der Waals surface area contributed by atoms with Crippen molar-refractivity contribution in [2.75, 3.05) is 39.6 Å². The molecule has 2 aromatic carbocycles. The van der Waals surface area contributed by atoms with Crippen LogP contribution in [0, 0.1) is 11.8 Å². The van der Waals surface area contributed by atoms with E-state index in [2.05, 4.69) is 10.6 Å². The lowest BCUT2D eigenvalue weighted by atomic mass is 9.94. The summed E-state index contributed by atoms with van der Waals surface area (Å²) in [5, 5.41) is 14.5. The Hall–Kier alpha value is -3.53. The van der Waals surface area contributed by atoms with Crippen LogP contribution in [0.25, 0.3) is 0 Å². The van der Waals surface area contributed by atoms with Crippen LogP contribution in [0.5, 0.6) is 0 Å². The minimum absolute atomic E-state index is 0.000990. The Kier molecular flexibility index (Phi) is 13.9. The monoisotopic (exact) mass is 552 g/mol. The van der Waals surface area contributed by atoms with Crippen LogP contribution in [0.1, 0.15) is 30.4 Å². The van der Waals surface area contributed by atoms with E-state index < -0.39 is 12.0 Å². The minimum Gasteiger partial charge on any atom is -0.463 e. The smallest absolute Gasteiger partial charge is 0.309 e. The molecule has 3 N–H and O–H groups in total. The molecule has 2 aromatic rings. The highest BCUT2D eigenvalue weighted by molar-refractivity contribution is 5.86. The molecule has 0 saturated carbocycles. The van der Waals surface area contributed by atoms with Crippen LogP contribution < -0.4 is 10.6 Å². The van der Waals surface area contributed by atoms with Crippen LogP contribution in [0.3, 0.4) is 0 Å². The Labute approximate surface area is 235 Å². The molecule has 1 aliphatic heterocycles. The predicted octanol–water partition coefficient (Wildman–Crippen LogP) is 2.57. The molecular formula is C31H40N2O7. The average Bonchev–Trinajstić information content (AvgIpc) is 2.97. The molecule has 0 aromatic heterocycles. The van der Waals surface area contributed by atoms with Gasteiger partial charge in [0.15, 0.2) is 0 Å². The second kappa shape index (κ2) is 17.9. The summed E-state index contributed by atoms with van der Waals surface area (Å²) in [6.45, 7) is 1.15. The van der Waals surface area contributed by atoms with Crippen molar-refractivity contribution in [3.8, 4) is 0 Å². The van der Waals surface area contributed by atoms with Gasteiger partial charge in [0.2, 0.25) is 11.8 Å². The molecule has 0 radical (unpaired) electrons. The molecule has 1 heterocycles. The fourth-order valence-corrected chi connectivity index (χ4v) is 4.34. The number of hydrogen-bond donors (Lipinski definition) is 3. The van der Waals surface area contributed by atoms with E-state index in [9.17, 15) is 14.4 Å². The van der Waals surface area contributed by atoms with Gasteiger partial charge >= 0.3 is 5.97 Å². The van der Waals surface area contributed by atoms with E-state index in [0.29, 0.717) is 25.9 Å². The Morgan fingerprint density at radius 1 is 0.925 bits per heavy atom. The topological polar surface area (TPSA) is 123 Å². The molecule has 0 bridgehead atoms. The summed E-state index contributed by atoms with van der Waals surface area (Å²) in [4.78, 5) is 38.8. The SMILES string of the molecule is O=C(CC1CC=CCC(Cc2ccccc2)C(=O)OCC(COCc2ccccc2)NC1=O)NCCOCCO. The first-order chi connectivity index (χ1) is 19.5. The molecule has 2 amide bonds. The third-order valence-electron chi connectivity index (χ3n) is 6.48. The number of esters is 1. The van der Waals surface area contributed by atoms with Gasteiger partial charge in [0.05, 0.1) is 50.9 Å². The minimum atomic E-state index is -0.603. The van der Waals surface area contributed by atoms with Gasteiger partial charge in [-0.25, -0.2) is 0 Å². The van der Waals surface area contributed by atoms with Gasteiger partial charge in [-0.05, 0) is 30.4 Å². The molecule has 9 heteroatoms. The first kappa shape index (κ1) is 31.0. The molecule has 1 aliphatic rings. The van der Waals surface area contributed by atoms with Crippen molar-refractivity contribution < 1.29 is 33.7 Å². The van der Waals surface area contributed by atoms with Crippen LogP contribution in [0.15, 0.2) is 72.8 Å². The first-order valence-electron chi connectivity index (χ1n) is 13.8. The normalized spacial score (nSPS) is 20.1. The number of nitrogens with one attached hydrogen (secondary N) is 2. The highest BCUT2D eigenvalue weighted by Gasteiger charge is 2.27. The van der Waals surface area contributed by atoms with Crippen molar-refractivity contribution in [1.82, 2.24) is 10.6 Å². The van der Waals surface area contributed by atoms with Gasteiger partial charge in [-0.3, -0.25) is 14.4 Å². The third kappa shape index (κ3) is 11.7. The number of amides is 2. The quantitative estimate of drug-likeness (QED) is 0.198. The van der Waals surface area contributed by atoms with Crippen LogP contribution in [-0.4, -0.2) is 68.5 Å². The van der Waals surface area contributed by atoms with Gasteiger partial charge in [-0.1, -0.05) is 72.8 Å². The molecule has 9 nitrogen and oxygen atoms in total. The number of allylic oxidation sites excluding steroid dienone is 2. The number of carbonyl (C=O) groups is 3. The number of aliphatic hydroxyl groups excluding tert-OH is 1. The fraction of sp³-hybridized carbons (Fsp3) is 0.452. The van der Waals surface area contributed by atoms with E-state index in [4.69, 9.17) is 19.3 Å². The van der Waals surface area contributed by atoms with Crippen molar-refractivity contribution in [1.29, 1.82) is 0 Å². The van der Waals surface area contributed by atoms with Gasteiger partial charge in [-0.15, -0.1) is 0 Å². The lowest BCUT2D eigenvalue weighted by Crippen LogP contribution is -2.46. The second-order valence-corrected chi connectivity index (χ2v) is 9.75. The molecule has 0 saturated heterocycles. The zero-order valence-corrected chi connectivity index (χ0v) is 22.8. The Bertz CT molecular complexity index is 1060. The van der Waals surface area contributed by atoms with E-state index in [1.165, 1.54) is 0 Å². The lowest BCUT2D eigenvalue weighted by molar-refractivity contribution is -0.150. The summed E-state index contributed by atoms with van der Waals surface area (Å²) in [6.07, 6.45) is 5.10. The Morgan fingerprint density at radius 3 is 2.30 bits per heavy atom. The van der Waals surface area contributed by atoms with E-state index in [1.807, 2.05) is 72.8 Å². The largest absolute Gasteiger partial charge is 0.463 e. The summed E-state index contributed by atoms with van der Waals surface area (Å²) in [6, 6.07) is 18.9. The van der Waals surface area contributed by atoms with E-state index in [0.717, 1.165) is 11.1 Å². The molecule has 3 rings (SSSR count). The van der Waals surface area contributed by atoms with E-state index >= 15 is 0 Å². The second-order valence-electron chi connectivity index (χ2n) is 9.75. The van der Waals surface area contributed by atoms with Gasteiger partial charge in [0, 0.05) is 13.0 Å². The number of carbonyl (C=O) groups excluding carboxylic acids is 3. The van der Waals surface area contributed by atoms with Crippen LogP contribution >= 0.6 is 0 Å². The maximum atomic E-state index is 13.2. The molecule has 0 aliphatic carbocycles. The summed E-state index contributed by atoms with van der Waals surface area (Å²) in [5.74, 6) is -1.87. The molecule has 216 valence electrons. The standard InChI is InChI=1S/C31H40N2O7/c34-16-18-38-17-15-32-29(35)20-26-13-7-8-14-27(19-24-9-3-1-4-10-24)31(37)40-23-28(33-30(26)36)22-39-21-25-11-5-2-6-12-25/h1-12,26-28,34H,13-23H2,(H,32,35)(H,33,36). The Morgan fingerprint density at radius 2 is 1.60 bits per heavy atom. The maximum Gasteiger partial charge on any atom is 0.309 e. The van der Waals surface area contributed by atoms with Crippen molar-refractivity contribution in [3.63, 3.8) is 0 Å². The highest BCUT2D eigenvalue weighted by Crippen LogP contribution is 2.18. The fourth-order valence-electron chi connectivity index (χ4n) is 4.34. The number of cyclic esters (lactones) is 1. The summed E-state index contributed by atoms with van der Waals surface area (Å²) >= 11 is 0. The molecule has 40 heavy (non-hydrogen) atoms. The third-order valence-corrected chi connectivity index (χ3v) is 6.48. The van der Waals surface area contributed by atoms with E-state index in [1.54, 1.807) is 0 Å². The molecule has 3 unspecified atom stereocenters. The number of ether oxygens (including phenoxy) is 3. The van der Waals surface area contributed by atoms with Crippen molar-refractivity contribution in [3.05, 3.63) is 83.9 Å². The molecule has 0 fully saturated rings. The van der Waals surface area contributed by atoms with Crippen LogP contribution in [0.4, 0.5) is 0 Å². The van der Waals surface area contributed by atoms with Gasteiger partial charge in [-0.2, -0.15) is 0 Å². The zero-order valence-electron chi connectivity index (χ0n) is 22.8. The lowest BCUT2D eigenvalue weighted by Gasteiger charge is -2.24. The summed E-state index contributed by atoms with van der Waals surface area (Å²) in [7, 11) is 0. The van der Waals surface area contributed by atoms with Crippen LogP contribution in [0.2, 0.25) is 0 Å². The van der Waals surface area contributed by atoms with Crippen molar-refractivity contribution in [2.24, 2.45) is 11.8 Å². The Balaban J connectivity index is 1.67. The van der Waals surface area contributed by atoms with Gasteiger partial charge in [0.25, 0.3) is 0 Å². The maximum absolute atomic E-state index is 13.2. The van der Waals surface area contributed by atoms with Gasteiger partial charge in [0.1, 0.15) is 6.61 Å². The molecular weight excluding hydrogens is 512 g/mol. The van der Waals surface area contributed by atoms with Crippen molar-refractivity contribution >= 4 is 17.8 Å². The number of aliphatic hydroxyl groups is 1. The highest BCUT2D eigenvalue weighted by atomic mass is 16.5. The first-order valence-corrected chi connectivity index (χ1v) is 13.8. The van der Waals surface area contributed by atoms with Gasteiger partial charge < -0.3 is 30.0 Å².